The Labute approximate surface area is 171 Å². The van der Waals surface area contributed by atoms with Crippen molar-refractivity contribution in [3.8, 4) is 5.75 Å². The molecule has 28 heavy (non-hydrogen) atoms. The summed E-state index contributed by atoms with van der Waals surface area (Å²) >= 11 is 6.39. The summed E-state index contributed by atoms with van der Waals surface area (Å²) in [5, 5.41) is 3.82. The molecule has 148 valence electrons. The highest BCUT2D eigenvalue weighted by Gasteiger charge is 2.28. The van der Waals surface area contributed by atoms with Crippen LogP contribution < -0.4 is 10.1 Å². The number of anilines is 1. The maximum absolute atomic E-state index is 12.1. The number of carbonyl (C=O) groups excluding carboxylic acids is 1. The third-order valence-corrected chi connectivity index (χ3v) is 6.42. The summed E-state index contributed by atoms with van der Waals surface area (Å²) in [4.78, 5) is 14.6. The fourth-order valence-electron chi connectivity index (χ4n) is 4.50. The van der Waals surface area contributed by atoms with Crippen LogP contribution in [0.15, 0.2) is 42.5 Å². The number of ether oxygens (including phenoxy) is 1. The van der Waals surface area contributed by atoms with Crippen LogP contribution in [-0.4, -0.2) is 37.6 Å². The first kappa shape index (κ1) is 19.3. The Morgan fingerprint density at radius 1 is 1.18 bits per heavy atom. The van der Waals surface area contributed by atoms with Gasteiger partial charge in [-0.2, -0.15) is 0 Å². The minimum Gasteiger partial charge on any atom is -0.497 e. The van der Waals surface area contributed by atoms with Crippen molar-refractivity contribution in [3.05, 3.63) is 58.6 Å². The molecular formula is C23H27ClN2O2. The van der Waals surface area contributed by atoms with Gasteiger partial charge >= 0.3 is 0 Å². The molecule has 1 N–H and O–H groups in total. The lowest BCUT2D eigenvalue weighted by Crippen LogP contribution is -2.39. The number of hydrogen-bond donors (Lipinski definition) is 1. The molecular weight excluding hydrogens is 372 g/mol. The van der Waals surface area contributed by atoms with Crippen molar-refractivity contribution >= 4 is 23.2 Å². The van der Waals surface area contributed by atoms with E-state index in [1.807, 2.05) is 24.3 Å². The van der Waals surface area contributed by atoms with E-state index >= 15 is 0 Å². The zero-order chi connectivity index (χ0) is 19.5. The van der Waals surface area contributed by atoms with Crippen molar-refractivity contribution in [2.75, 3.05) is 32.1 Å². The lowest BCUT2D eigenvalue weighted by atomic mass is 9.87. The molecule has 1 saturated heterocycles. The zero-order valence-electron chi connectivity index (χ0n) is 16.3. The Morgan fingerprint density at radius 3 is 2.75 bits per heavy atom. The summed E-state index contributed by atoms with van der Waals surface area (Å²) in [5.74, 6) is 1.93. The maximum Gasteiger partial charge on any atom is 0.225 e. The molecule has 0 radical (unpaired) electrons. The van der Waals surface area contributed by atoms with Gasteiger partial charge in [-0.05, 0) is 73.7 Å². The number of likely N-dealkylation sites (tertiary alicyclic amines) is 1. The van der Waals surface area contributed by atoms with E-state index in [1.165, 1.54) is 11.1 Å². The normalized spacial score (nSPS) is 20.5. The lowest BCUT2D eigenvalue weighted by Gasteiger charge is -2.36. The molecule has 0 aliphatic carbocycles. The summed E-state index contributed by atoms with van der Waals surface area (Å²) in [6, 6.07) is 14.1. The Hall–Kier alpha value is -2.04. The summed E-state index contributed by atoms with van der Waals surface area (Å²) < 4.78 is 5.34. The summed E-state index contributed by atoms with van der Waals surface area (Å²) in [6.07, 6.45) is 3.90. The van der Waals surface area contributed by atoms with E-state index in [0.29, 0.717) is 12.3 Å². The van der Waals surface area contributed by atoms with Gasteiger partial charge in [0.25, 0.3) is 0 Å². The number of carbonyl (C=O) groups is 1. The highest BCUT2D eigenvalue weighted by molar-refractivity contribution is 6.31. The van der Waals surface area contributed by atoms with E-state index < -0.39 is 0 Å². The van der Waals surface area contributed by atoms with Crippen molar-refractivity contribution in [2.45, 2.75) is 31.6 Å². The van der Waals surface area contributed by atoms with Crippen LogP contribution in [0.3, 0.4) is 0 Å². The first-order valence-corrected chi connectivity index (χ1v) is 10.4. The van der Waals surface area contributed by atoms with Gasteiger partial charge in [0.15, 0.2) is 0 Å². The number of hydrogen-bond acceptors (Lipinski definition) is 3. The molecule has 0 spiro atoms. The van der Waals surface area contributed by atoms with Gasteiger partial charge in [0, 0.05) is 29.6 Å². The first-order valence-electron chi connectivity index (χ1n) is 10.1. The molecule has 4 nitrogen and oxygen atoms in total. The number of nitrogens with zero attached hydrogens (tertiary/aromatic N) is 1. The van der Waals surface area contributed by atoms with Crippen molar-refractivity contribution < 1.29 is 9.53 Å². The third-order valence-electron chi connectivity index (χ3n) is 6.05. The van der Waals surface area contributed by atoms with Crippen molar-refractivity contribution in [1.82, 2.24) is 4.90 Å². The van der Waals surface area contributed by atoms with E-state index in [0.717, 1.165) is 55.4 Å². The van der Waals surface area contributed by atoms with Gasteiger partial charge in [-0.25, -0.2) is 0 Å². The average molecular weight is 399 g/mol. The second-order valence-corrected chi connectivity index (χ2v) is 8.35. The fourth-order valence-corrected chi connectivity index (χ4v) is 4.69. The quantitative estimate of drug-likeness (QED) is 0.791. The molecule has 1 fully saturated rings. The first-order chi connectivity index (χ1) is 13.6. The number of halogens is 1. The van der Waals surface area contributed by atoms with Gasteiger partial charge in [0.2, 0.25) is 5.91 Å². The molecule has 5 heteroatoms. The minimum absolute atomic E-state index is 0.131. The molecule has 1 amide bonds. The molecule has 2 aromatic carbocycles. The molecule has 2 heterocycles. The molecule has 2 aliphatic heterocycles. The number of methoxy groups -OCH3 is 1. The highest BCUT2D eigenvalue weighted by Crippen LogP contribution is 2.34. The highest BCUT2D eigenvalue weighted by atomic mass is 35.5. The van der Waals surface area contributed by atoms with E-state index in [1.54, 1.807) is 7.11 Å². The molecule has 1 unspecified atom stereocenters. The number of nitrogens with one attached hydrogen (secondary N) is 1. The lowest BCUT2D eigenvalue weighted by molar-refractivity contribution is -0.117. The maximum atomic E-state index is 12.1. The largest absolute Gasteiger partial charge is 0.497 e. The Kier molecular flexibility index (Phi) is 5.88. The standard InChI is InChI=1S/C23H27ClN2O2/c1-28-19-6-7-21(24)17(13-19)12-16-8-10-26(11-9-16)15-18-14-23(27)25-22-5-3-2-4-20(18)22/h2-7,13,16,18H,8-12,14-15H2,1H3,(H,25,27). The van der Waals surface area contributed by atoms with Crippen LogP contribution in [0.4, 0.5) is 5.69 Å². The van der Waals surface area contributed by atoms with Gasteiger partial charge in [-0.1, -0.05) is 29.8 Å². The van der Waals surface area contributed by atoms with Crippen LogP contribution in [0.2, 0.25) is 5.02 Å². The number of benzene rings is 2. The smallest absolute Gasteiger partial charge is 0.225 e. The average Bonchev–Trinajstić information content (AvgIpc) is 2.71. The van der Waals surface area contributed by atoms with Crippen molar-refractivity contribution in [1.29, 1.82) is 0 Å². The van der Waals surface area contributed by atoms with E-state index in [-0.39, 0.29) is 11.8 Å². The van der Waals surface area contributed by atoms with Crippen LogP contribution in [0.5, 0.6) is 5.75 Å². The van der Waals surface area contributed by atoms with E-state index in [9.17, 15) is 4.79 Å². The number of fused-ring (bicyclic) bond motifs is 1. The van der Waals surface area contributed by atoms with E-state index in [4.69, 9.17) is 16.3 Å². The van der Waals surface area contributed by atoms with Crippen molar-refractivity contribution in [2.24, 2.45) is 5.92 Å². The molecule has 2 aliphatic rings. The fraction of sp³-hybridized carbons (Fsp3) is 0.435. The van der Waals surface area contributed by atoms with Gasteiger partial charge in [-0.3, -0.25) is 4.79 Å². The van der Waals surface area contributed by atoms with Gasteiger partial charge < -0.3 is 15.0 Å². The Morgan fingerprint density at radius 2 is 1.96 bits per heavy atom. The van der Waals surface area contributed by atoms with Crippen LogP contribution in [0, 0.1) is 5.92 Å². The summed E-state index contributed by atoms with van der Waals surface area (Å²) in [6.45, 7) is 3.11. The number of rotatable bonds is 5. The minimum atomic E-state index is 0.131. The molecule has 2 aromatic rings. The number of amides is 1. The summed E-state index contributed by atoms with van der Waals surface area (Å²) in [5.41, 5.74) is 3.43. The zero-order valence-corrected chi connectivity index (χ0v) is 17.0. The topological polar surface area (TPSA) is 41.6 Å². The molecule has 4 rings (SSSR count). The van der Waals surface area contributed by atoms with Gasteiger partial charge in [0.1, 0.15) is 5.75 Å². The van der Waals surface area contributed by atoms with Crippen LogP contribution in [0.1, 0.15) is 36.3 Å². The van der Waals surface area contributed by atoms with Crippen LogP contribution >= 0.6 is 11.6 Å². The Balaban J connectivity index is 1.34. The van der Waals surface area contributed by atoms with Gasteiger partial charge in [0.05, 0.1) is 7.11 Å². The monoisotopic (exact) mass is 398 g/mol. The molecule has 0 bridgehead atoms. The van der Waals surface area contributed by atoms with Gasteiger partial charge in [-0.15, -0.1) is 0 Å². The summed E-state index contributed by atoms with van der Waals surface area (Å²) in [7, 11) is 1.69. The molecule has 0 saturated carbocycles. The molecule has 1 atom stereocenters. The SMILES string of the molecule is COc1ccc(Cl)c(CC2CCN(CC3CC(=O)Nc4ccccc43)CC2)c1. The second kappa shape index (κ2) is 8.54. The number of para-hydroxylation sites is 1. The molecule has 0 aromatic heterocycles. The third kappa shape index (κ3) is 4.34. The predicted molar refractivity (Wildman–Crippen MR) is 113 cm³/mol. The second-order valence-electron chi connectivity index (χ2n) is 7.94. The van der Waals surface area contributed by atoms with Crippen LogP contribution in [0.25, 0.3) is 0 Å². The van der Waals surface area contributed by atoms with E-state index in [2.05, 4.69) is 28.4 Å². The van der Waals surface area contributed by atoms with Crippen molar-refractivity contribution in [3.63, 3.8) is 0 Å². The van der Waals surface area contributed by atoms with Crippen LogP contribution in [-0.2, 0) is 11.2 Å². The number of piperidine rings is 1. The predicted octanol–water partition coefficient (Wildman–Crippen LogP) is 4.73. The Bertz CT molecular complexity index is 846.